The van der Waals surface area contributed by atoms with Crippen LogP contribution in [-0.2, 0) is 32.2 Å². The van der Waals surface area contributed by atoms with Crippen LogP contribution in [0.4, 0.5) is 10.3 Å². The summed E-state index contributed by atoms with van der Waals surface area (Å²) in [7, 11) is -3.00. The molecule has 11 atom stereocenters. The molecule has 1 aliphatic carbocycles. The van der Waals surface area contributed by atoms with Crippen LogP contribution < -0.4 is 16.9 Å². The van der Waals surface area contributed by atoms with Crippen molar-refractivity contribution in [3.05, 3.63) is 39.7 Å². The molecule has 1 saturated carbocycles. The summed E-state index contributed by atoms with van der Waals surface area (Å²) < 4.78 is 71.5. The van der Waals surface area contributed by atoms with E-state index in [1.165, 1.54) is 10.9 Å². The first-order valence-corrected chi connectivity index (χ1v) is 18.0. The molecule has 4 aromatic rings. The van der Waals surface area contributed by atoms with Crippen molar-refractivity contribution in [2.45, 2.75) is 49.1 Å². The molecule has 5 N–H and O–H groups in total. The van der Waals surface area contributed by atoms with Gasteiger partial charge in [-0.2, -0.15) is 4.98 Å². The van der Waals surface area contributed by atoms with Crippen molar-refractivity contribution in [3.8, 4) is 0 Å². The third-order valence-electron chi connectivity index (χ3n) is 7.45. The molecule has 0 bridgehead atoms. The number of hydrogen-bond acceptors (Lipinski definition) is 15. The van der Waals surface area contributed by atoms with Crippen molar-refractivity contribution < 1.29 is 41.7 Å². The van der Waals surface area contributed by atoms with Crippen molar-refractivity contribution >= 4 is 66.8 Å². The molecule has 236 valence electrons. The van der Waals surface area contributed by atoms with E-state index in [2.05, 4.69) is 54.4 Å². The van der Waals surface area contributed by atoms with Crippen LogP contribution in [0.2, 0.25) is 0 Å². The summed E-state index contributed by atoms with van der Waals surface area (Å²) in [5.74, 6) is -0.819. The molecule has 3 aliphatic rings. The van der Waals surface area contributed by atoms with Gasteiger partial charge in [-0.15, -0.1) is 0 Å². The zero-order valence-electron chi connectivity index (χ0n) is 21.7. The number of aliphatic hydroxyl groups is 1. The molecule has 2 saturated heterocycles. The highest BCUT2D eigenvalue weighted by Gasteiger charge is 2.66. The first kappa shape index (κ1) is 30.0. The van der Waals surface area contributed by atoms with Crippen LogP contribution in [0.3, 0.4) is 0 Å². The predicted molar refractivity (Wildman–Crippen MR) is 153 cm³/mol. The van der Waals surface area contributed by atoms with Crippen LogP contribution in [-0.4, -0.2) is 87.4 Å². The van der Waals surface area contributed by atoms with Gasteiger partial charge in [0.25, 0.3) is 11.1 Å². The van der Waals surface area contributed by atoms with Gasteiger partial charge in [-0.1, -0.05) is 24.5 Å². The number of H-pyrrole nitrogens is 2. The van der Waals surface area contributed by atoms with Crippen LogP contribution >= 0.6 is 38.5 Å². The largest absolute Gasteiger partial charge is 0.390 e. The number of anilines is 1. The molecule has 0 aromatic carbocycles. The van der Waals surface area contributed by atoms with E-state index in [0.29, 0.717) is 0 Å². The van der Waals surface area contributed by atoms with E-state index >= 15 is 4.39 Å². The Morgan fingerprint density at radius 2 is 1.82 bits per heavy atom. The Hall–Kier alpha value is -2.65. The maximum absolute atomic E-state index is 15.7. The molecule has 4 aromatic heterocycles. The number of thiol groups is 2. The van der Waals surface area contributed by atoms with Gasteiger partial charge in [-0.05, 0) is 0 Å². The van der Waals surface area contributed by atoms with Gasteiger partial charge in [0.15, 0.2) is 41.0 Å². The summed E-state index contributed by atoms with van der Waals surface area (Å²) in [4.78, 5) is 45.1. The maximum Gasteiger partial charge on any atom is 0.386 e. The minimum Gasteiger partial charge on any atom is -0.390 e. The summed E-state index contributed by atoms with van der Waals surface area (Å²) in [6, 6.07) is 0. The Balaban J connectivity index is 1.11. The number of rotatable bonds is 9. The molecule has 4 unspecified atom stereocenters. The highest BCUT2D eigenvalue weighted by Crippen LogP contribution is 2.61. The Bertz CT molecular complexity index is 1960. The summed E-state index contributed by atoms with van der Waals surface area (Å²) in [6.45, 7) is -4.95. The number of fused-ring (bicyclic) bond motifs is 3. The fraction of sp³-hybridized carbons (Fsp3) is 0.500. The zero-order chi connectivity index (χ0) is 31.1. The van der Waals surface area contributed by atoms with Crippen molar-refractivity contribution in [3.63, 3.8) is 0 Å². The lowest BCUT2D eigenvalue weighted by Gasteiger charge is -2.27. The standard InChI is InChI=1S/C20H22FN9O10P2S2/c21-7-11(39-41(34)43)5(37-18(7)29-3-25-8-14(29)23-2-24-16(8)32)1-36-42(35,44)40-13-6-10(31)12(6)38-19(13)30-4-26-9-15(30)27-20(22)28-17(9)33/h2-7,10-13,18-19,31,41H,1H2,(H,34,43)(H,35,44)(H,23,24,32)(H3,22,27,28,33)/t5-,6?,7+,10?,11-,12+,13-,18-,19-,42?/m1/s1. The SMILES string of the molecule is Nc1nc2c(ncn2[C@@H]2O[C@@H]3C(O)C3[C@H]2OP(=O)(S)OC[C@H]2O[C@@H](n3cnc4c(=O)[nH]cnc43)[C@@H](F)[C@@H]2O[PH](=O)S)c(=O)[nH]1. The van der Waals surface area contributed by atoms with E-state index in [9.17, 15) is 23.8 Å². The third-order valence-corrected chi connectivity index (χ3v) is 9.86. The molecule has 6 heterocycles. The van der Waals surface area contributed by atoms with Crippen LogP contribution in [0.5, 0.6) is 0 Å². The highest BCUT2D eigenvalue weighted by molar-refractivity contribution is 8.44. The normalized spacial score (nSPS) is 33.5. The summed E-state index contributed by atoms with van der Waals surface area (Å²) in [6.07, 6.45) is -6.54. The Morgan fingerprint density at radius 3 is 2.55 bits per heavy atom. The van der Waals surface area contributed by atoms with E-state index in [1.54, 1.807) is 0 Å². The van der Waals surface area contributed by atoms with Crippen LogP contribution in [0, 0.1) is 5.92 Å². The fourth-order valence-corrected chi connectivity index (χ4v) is 7.81. The molecule has 0 spiro atoms. The topological polar surface area (TPSA) is 254 Å². The van der Waals surface area contributed by atoms with E-state index in [0.717, 1.165) is 17.2 Å². The summed E-state index contributed by atoms with van der Waals surface area (Å²) in [5, 5.41) is 10.3. The first-order valence-electron chi connectivity index (χ1n) is 12.7. The molecule has 19 nitrogen and oxygen atoms in total. The Kier molecular flexibility index (Phi) is 7.51. The highest BCUT2D eigenvalue weighted by atomic mass is 32.7. The minimum absolute atomic E-state index is 0.0125. The molecule has 44 heavy (non-hydrogen) atoms. The number of nitrogens with two attached hydrogens (primary N) is 1. The van der Waals surface area contributed by atoms with E-state index < -0.39 is 86.8 Å². The van der Waals surface area contributed by atoms with Crippen molar-refractivity contribution in [1.82, 2.24) is 39.0 Å². The Labute approximate surface area is 254 Å². The van der Waals surface area contributed by atoms with Crippen LogP contribution in [0.1, 0.15) is 12.5 Å². The van der Waals surface area contributed by atoms with Gasteiger partial charge in [0, 0.05) is 5.92 Å². The second-order valence-corrected chi connectivity index (χ2v) is 14.8. The van der Waals surface area contributed by atoms with Crippen LogP contribution in [0.15, 0.2) is 28.6 Å². The number of halogens is 1. The number of ether oxygens (including phenoxy) is 2. The van der Waals surface area contributed by atoms with Gasteiger partial charge in [0.1, 0.15) is 18.3 Å². The average Bonchev–Trinajstić information content (AvgIpc) is 3.43. The van der Waals surface area contributed by atoms with Gasteiger partial charge in [0.05, 0.1) is 37.8 Å². The quantitative estimate of drug-likeness (QED) is 0.100. The average molecular weight is 694 g/mol. The number of aliphatic hydroxyl groups excluding tert-OH is 1. The summed E-state index contributed by atoms with van der Waals surface area (Å²) >= 11 is 7.81. The molecule has 24 heteroatoms. The number of nitrogen functional groups attached to an aromatic ring is 1. The van der Waals surface area contributed by atoms with E-state index in [4.69, 9.17) is 28.8 Å². The number of aromatic amines is 2. The number of aromatic nitrogens is 8. The lowest BCUT2D eigenvalue weighted by Crippen LogP contribution is -2.33. The van der Waals surface area contributed by atoms with Gasteiger partial charge >= 0.3 is 6.80 Å². The van der Waals surface area contributed by atoms with Gasteiger partial charge < -0.3 is 29.8 Å². The smallest absolute Gasteiger partial charge is 0.386 e. The van der Waals surface area contributed by atoms with Gasteiger partial charge in [0.2, 0.25) is 13.2 Å². The molecule has 0 amide bonds. The second kappa shape index (κ2) is 11.0. The van der Waals surface area contributed by atoms with Gasteiger partial charge in [-0.3, -0.25) is 37.3 Å². The lowest BCUT2D eigenvalue weighted by molar-refractivity contribution is -0.0652. The molecule has 7 rings (SSSR count). The van der Waals surface area contributed by atoms with Crippen molar-refractivity contribution in [1.29, 1.82) is 0 Å². The monoisotopic (exact) mass is 693 g/mol. The molecular weight excluding hydrogens is 671 g/mol. The number of nitrogens with one attached hydrogen (secondary N) is 2. The predicted octanol–water partition coefficient (Wildman–Crippen LogP) is 0.103. The number of hydrogen-bond donors (Lipinski definition) is 6. The maximum atomic E-state index is 15.7. The number of imidazole rings is 2. The lowest BCUT2D eigenvalue weighted by atomic mass is 10.1. The van der Waals surface area contributed by atoms with Crippen molar-refractivity contribution in [2.75, 3.05) is 12.3 Å². The second-order valence-electron chi connectivity index (χ2n) is 10.1. The minimum atomic E-state index is -4.32. The molecule has 3 fully saturated rings. The first-order chi connectivity index (χ1) is 20.9. The summed E-state index contributed by atoms with van der Waals surface area (Å²) in [5.41, 5.74) is 4.48. The van der Waals surface area contributed by atoms with E-state index in [-0.39, 0.29) is 28.3 Å². The van der Waals surface area contributed by atoms with Gasteiger partial charge in [-0.25, -0.2) is 23.9 Å². The number of nitrogens with zero attached hydrogens (tertiary/aromatic N) is 6. The molecule has 2 aliphatic heterocycles. The fourth-order valence-electron chi connectivity index (χ4n) is 5.46. The third kappa shape index (κ3) is 5.12. The van der Waals surface area contributed by atoms with Crippen molar-refractivity contribution in [2.24, 2.45) is 5.92 Å². The number of alkyl halides is 1. The Morgan fingerprint density at radius 1 is 1.11 bits per heavy atom. The van der Waals surface area contributed by atoms with Crippen LogP contribution in [0.25, 0.3) is 22.3 Å². The molecular formula is C20H22FN9O10P2S2. The molecule has 0 radical (unpaired) electrons. The zero-order valence-corrected chi connectivity index (χ0v) is 25.4. The van der Waals surface area contributed by atoms with E-state index in [1.807, 2.05) is 0 Å².